The number of carbonyl (C=O) groups is 1. The zero-order valence-electron chi connectivity index (χ0n) is 13.4. The summed E-state index contributed by atoms with van der Waals surface area (Å²) >= 11 is 0. The summed E-state index contributed by atoms with van der Waals surface area (Å²) in [6, 6.07) is 3.02. The molecule has 0 spiro atoms. The zero-order valence-corrected chi connectivity index (χ0v) is 13.4. The van der Waals surface area contributed by atoms with Crippen LogP contribution < -0.4 is 10.1 Å². The summed E-state index contributed by atoms with van der Waals surface area (Å²) in [5.74, 6) is 1.71. The van der Waals surface area contributed by atoms with Crippen molar-refractivity contribution in [2.75, 3.05) is 6.61 Å². The summed E-state index contributed by atoms with van der Waals surface area (Å²) in [4.78, 5) is 26.4. The van der Waals surface area contributed by atoms with Crippen molar-refractivity contribution in [1.82, 2.24) is 10.3 Å². The minimum atomic E-state index is -0.605. The number of carbonyl (C=O) groups excluding carboxylic acids is 1. The Hall–Kier alpha value is -2.18. The number of ether oxygens (including phenoxy) is 1. The van der Waals surface area contributed by atoms with Crippen molar-refractivity contribution < 1.29 is 14.5 Å². The van der Waals surface area contributed by atoms with Gasteiger partial charge in [0.05, 0.1) is 0 Å². The lowest BCUT2D eigenvalue weighted by atomic mass is 9.53. The molecule has 1 amide bonds. The van der Waals surface area contributed by atoms with Crippen LogP contribution in [0.3, 0.4) is 0 Å². The van der Waals surface area contributed by atoms with Crippen LogP contribution in [0.1, 0.15) is 38.5 Å². The number of rotatable bonds is 5. The van der Waals surface area contributed by atoms with Crippen molar-refractivity contribution in [1.29, 1.82) is 0 Å². The predicted octanol–water partition coefficient (Wildman–Crippen LogP) is 2.45. The van der Waals surface area contributed by atoms with Crippen molar-refractivity contribution in [3.05, 3.63) is 28.4 Å². The molecule has 0 atom stereocenters. The lowest BCUT2D eigenvalue weighted by molar-refractivity contribution is -0.390. The van der Waals surface area contributed by atoms with Crippen LogP contribution in [0, 0.1) is 27.9 Å². The Morgan fingerprint density at radius 3 is 2.50 bits per heavy atom. The standard InChI is InChI=1S/C17H21N3O4/c21-15(10-24-14-2-1-3-18-16(14)20(22)23)19-17-7-11-4-12(8-17)6-13(5-11)9-17/h1-3,11-13H,4-10H2,(H,19,21). The molecule has 4 fully saturated rings. The maximum Gasteiger partial charge on any atom is 0.406 e. The molecule has 4 aliphatic rings. The van der Waals surface area contributed by atoms with Crippen molar-refractivity contribution in [2.45, 2.75) is 44.1 Å². The van der Waals surface area contributed by atoms with E-state index in [2.05, 4.69) is 10.3 Å². The topological polar surface area (TPSA) is 94.4 Å². The molecule has 7 heteroatoms. The van der Waals surface area contributed by atoms with Crippen molar-refractivity contribution >= 4 is 11.7 Å². The van der Waals surface area contributed by atoms with E-state index in [1.54, 1.807) is 6.07 Å². The maximum atomic E-state index is 12.4. The zero-order chi connectivity index (χ0) is 16.7. The molecule has 0 aliphatic heterocycles. The Labute approximate surface area is 139 Å². The molecular weight excluding hydrogens is 310 g/mol. The second-order valence-electron chi connectivity index (χ2n) is 7.62. The van der Waals surface area contributed by atoms with E-state index < -0.39 is 4.92 Å². The van der Waals surface area contributed by atoms with Gasteiger partial charge in [-0.2, -0.15) is 0 Å². The number of amides is 1. The van der Waals surface area contributed by atoms with Crippen LogP contribution in [0.4, 0.5) is 5.82 Å². The first-order chi connectivity index (χ1) is 11.5. The molecule has 4 aliphatic carbocycles. The summed E-state index contributed by atoms with van der Waals surface area (Å²) in [6.07, 6.45) is 8.47. The van der Waals surface area contributed by atoms with Crippen molar-refractivity contribution in [2.24, 2.45) is 17.8 Å². The highest BCUT2D eigenvalue weighted by molar-refractivity contribution is 5.78. The highest BCUT2D eigenvalue weighted by atomic mass is 16.6. The molecule has 1 aromatic heterocycles. The van der Waals surface area contributed by atoms with E-state index in [9.17, 15) is 14.9 Å². The van der Waals surface area contributed by atoms with E-state index in [4.69, 9.17) is 4.74 Å². The third kappa shape index (κ3) is 2.83. The predicted molar refractivity (Wildman–Crippen MR) is 85.4 cm³/mol. The van der Waals surface area contributed by atoms with Crippen molar-refractivity contribution in [3.63, 3.8) is 0 Å². The highest BCUT2D eigenvalue weighted by Crippen LogP contribution is 2.55. The van der Waals surface area contributed by atoms with E-state index >= 15 is 0 Å². The summed E-state index contributed by atoms with van der Waals surface area (Å²) in [5.41, 5.74) is -0.0733. The number of nitrogens with zero attached hydrogens (tertiary/aromatic N) is 2. The number of aromatic nitrogens is 1. The summed E-state index contributed by atoms with van der Waals surface area (Å²) in [5, 5.41) is 14.1. The normalized spacial score (nSPS) is 33.2. The van der Waals surface area contributed by atoms with Crippen LogP contribution in [0.2, 0.25) is 0 Å². The van der Waals surface area contributed by atoms with E-state index in [0.29, 0.717) is 0 Å². The SMILES string of the molecule is O=C(COc1cccnc1[N+](=O)[O-])NC12CC3CC(CC(C3)C1)C2. The van der Waals surface area contributed by atoms with E-state index in [0.717, 1.165) is 37.0 Å². The average molecular weight is 331 g/mol. The lowest BCUT2D eigenvalue weighted by Crippen LogP contribution is -2.60. The van der Waals surface area contributed by atoms with Gasteiger partial charge in [-0.3, -0.25) is 4.79 Å². The second-order valence-corrected chi connectivity index (χ2v) is 7.62. The quantitative estimate of drug-likeness (QED) is 0.660. The number of nitrogens with one attached hydrogen (secondary N) is 1. The molecular formula is C17H21N3O4. The Bertz CT molecular complexity index is 640. The number of pyridine rings is 1. The van der Waals surface area contributed by atoms with Crippen LogP contribution in [-0.2, 0) is 4.79 Å². The minimum Gasteiger partial charge on any atom is -0.476 e. The summed E-state index contributed by atoms with van der Waals surface area (Å²) in [6.45, 7) is -0.214. The first-order valence-corrected chi connectivity index (χ1v) is 8.56. The van der Waals surface area contributed by atoms with Crippen LogP contribution in [0.15, 0.2) is 18.3 Å². The van der Waals surface area contributed by atoms with E-state index in [-0.39, 0.29) is 29.6 Å². The molecule has 0 unspecified atom stereocenters. The number of hydrogen-bond acceptors (Lipinski definition) is 5. The van der Waals surface area contributed by atoms with Gasteiger partial charge in [-0.15, -0.1) is 0 Å². The number of hydrogen-bond donors (Lipinski definition) is 1. The monoisotopic (exact) mass is 331 g/mol. The Balaban J connectivity index is 1.39. The van der Waals surface area contributed by atoms with E-state index in [1.807, 2.05) is 0 Å². The van der Waals surface area contributed by atoms with Gasteiger partial charge in [0.25, 0.3) is 5.91 Å². The molecule has 1 aromatic rings. The largest absolute Gasteiger partial charge is 0.476 e. The third-order valence-corrected chi connectivity index (χ3v) is 5.73. The van der Waals surface area contributed by atoms with Gasteiger partial charge >= 0.3 is 5.82 Å². The molecule has 1 heterocycles. The van der Waals surface area contributed by atoms with Gasteiger partial charge in [-0.25, -0.2) is 0 Å². The molecule has 24 heavy (non-hydrogen) atoms. The third-order valence-electron chi connectivity index (χ3n) is 5.73. The Kier molecular flexibility index (Phi) is 3.66. The van der Waals surface area contributed by atoms with E-state index in [1.165, 1.54) is 31.5 Å². The van der Waals surface area contributed by atoms with Gasteiger partial charge in [0.2, 0.25) is 5.75 Å². The second kappa shape index (κ2) is 5.72. The average Bonchev–Trinajstić information content (AvgIpc) is 2.51. The smallest absolute Gasteiger partial charge is 0.406 e. The molecule has 4 bridgehead atoms. The van der Waals surface area contributed by atoms with Crippen LogP contribution in [0.25, 0.3) is 0 Å². The molecule has 0 saturated heterocycles. The van der Waals surface area contributed by atoms with Crippen LogP contribution >= 0.6 is 0 Å². The van der Waals surface area contributed by atoms with Crippen LogP contribution in [0.5, 0.6) is 5.75 Å². The fourth-order valence-electron chi connectivity index (χ4n) is 5.37. The first-order valence-electron chi connectivity index (χ1n) is 8.56. The lowest BCUT2D eigenvalue weighted by Gasteiger charge is -2.56. The molecule has 5 rings (SSSR count). The van der Waals surface area contributed by atoms with Crippen LogP contribution in [-0.4, -0.2) is 28.0 Å². The highest BCUT2D eigenvalue weighted by Gasteiger charge is 2.51. The first kappa shape index (κ1) is 15.4. The Morgan fingerprint density at radius 2 is 1.92 bits per heavy atom. The van der Waals surface area contributed by atoms with Gasteiger partial charge in [0.1, 0.15) is 6.20 Å². The van der Waals surface area contributed by atoms with Gasteiger partial charge in [-0.1, -0.05) is 0 Å². The Morgan fingerprint density at radius 1 is 1.29 bits per heavy atom. The molecule has 4 saturated carbocycles. The number of nitro groups is 1. The molecule has 1 N–H and O–H groups in total. The maximum absolute atomic E-state index is 12.4. The minimum absolute atomic E-state index is 0.0307. The fraction of sp³-hybridized carbons (Fsp3) is 0.647. The fourth-order valence-corrected chi connectivity index (χ4v) is 5.37. The molecule has 0 radical (unpaired) electrons. The van der Waals surface area contributed by atoms with Gasteiger partial charge < -0.3 is 20.2 Å². The van der Waals surface area contributed by atoms with Crippen molar-refractivity contribution in [3.8, 4) is 5.75 Å². The summed E-state index contributed by atoms with van der Waals surface area (Å²) in [7, 11) is 0. The van der Waals surface area contributed by atoms with Gasteiger partial charge in [0, 0.05) is 5.54 Å². The van der Waals surface area contributed by atoms with Gasteiger partial charge in [0.15, 0.2) is 6.61 Å². The molecule has 0 aromatic carbocycles. The summed E-state index contributed by atoms with van der Waals surface area (Å²) < 4.78 is 5.36. The molecule has 7 nitrogen and oxygen atoms in total. The molecule has 128 valence electrons. The van der Waals surface area contributed by atoms with Gasteiger partial charge in [-0.05, 0) is 78.3 Å².